The van der Waals surface area contributed by atoms with Gasteiger partial charge in [-0.05, 0) is 47.9 Å². The van der Waals surface area contributed by atoms with Crippen LogP contribution in [0.15, 0.2) is 48.5 Å². The molecule has 6 heteroatoms. The third-order valence-electron chi connectivity index (χ3n) is 3.68. The monoisotopic (exact) mass is 351 g/mol. The molecule has 0 aliphatic heterocycles. The molecule has 0 spiro atoms. The lowest BCUT2D eigenvalue weighted by molar-refractivity contribution is -0.137. The smallest absolute Gasteiger partial charge is 0.416 e. The Morgan fingerprint density at radius 3 is 2.16 bits per heavy atom. The van der Waals surface area contributed by atoms with E-state index in [2.05, 4.69) is 19.2 Å². The Hall–Kier alpha value is -2.50. The van der Waals surface area contributed by atoms with Crippen molar-refractivity contribution in [2.75, 3.05) is 13.2 Å². The minimum absolute atomic E-state index is 0.175. The first-order valence-electron chi connectivity index (χ1n) is 7.95. The molecule has 3 nitrogen and oxygen atoms in total. The predicted octanol–water partition coefficient (Wildman–Crippen LogP) is 4.64. The van der Waals surface area contributed by atoms with Gasteiger partial charge in [-0.25, -0.2) is 0 Å². The van der Waals surface area contributed by atoms with E-state index in [-0.39, 0.29) is 18.7 Å². The van der Waals surface area contributed by atoms with Crippen molar-refractivity contribution < 1.29 is 22.7 Å². The van der Waals surface area contributed by atoms with E-state index in [9.17, 15) is 18.0 Å². The summed E-state index contributed by atoms with van der Waals surface area (Å²) in [6, 6.07) is 11.8. The summed E-state index contributed by atoms with van der Waals surface area (Å²) in [5.41, 5.74) is 0.606. The highest BCUT2D eigenvalue weighted by molar-refractivity contribution is 5.94. The lowest BCUT2D eigenvalue weighted by Gasteiger charge is -2.10. The molecule has 0 atom stereocenters. The molecule has 134 valence electrons. The van der Waals surface area contributed by atoms with Crippen molar-refractivity contribution in [3.63, 3.8) is 0 Å². The fraction of sp³-hybridized carbons (Fsp3) is 0.316. The molecule has 0 radical (unpaired) electrons. The normalized spacial score (nSPS) is 11.4. The first-order chi connectivity index (χ1) is 11.8. The molecule has 1 amide bonds. The Kier molecular flexibility index (Phi) is 6.07. The maximum atomic E-state index is 12.5. The van der Waals surface area contributed by atoms with Gasteiger partial charge in [0.25, 0.3) is 5.91 Å². The van der Waals surface area contributed by atoms with Crippen molar-refractivity contribution >= 4 is 5.91 Å². The molecular weight excluding hydrogens is 331 g/mol. The predicted molar refractivity (Wildman–Crippen MR) is 89.8 cm³/mol. The van der Waals surface area contributed by atoms with Crippen LogP contribution in [0.3, 0.4) is 0 Å². The molecule has 0 unspecified atom stereocenters. The van der Waals surface area contributed by atoms with Crippen LogP contribution in [0, 0.1) is 0 Å². The highest BCUT2D eigenvalue weighted by Crippen LogP contribution is 2.29. The maximum absolute atomic E-state index is 12.5. The molecule has 0 aliphatic rings. The van der Waals surface area contributed by atoms with Crippen LogP contribution in [0.1, 0.15) is 41.3 Å². The summed E-state index contributed by atoms with van der Waals surface area (Å²) in [7, 11) is 0. The van der Waals surface area contributed by atoms with Gasteiger partial charge in [-0.2, -0.15) is 13.2 Å². The Labute approximate surface area is 144 Å². The number of hydrogen-bond donors (Lipinski definition) is 1. The summed E-state index contributed by atoms with van der Waals surface area (Å²) >= 11 is 0. The Morgan fingerprint density at radius 1 is 1.04 bits per heavy atom. The fourth-order valence-corrected chi connectivity index (χ4v) is 2.20. The van der Waals surface area contributed by atoms with Crippen molar-refractivity contribution in [1.82, 2.24) is 5.32 Å². The van der Waals surface area contributed by atoms with E-state index in [1.165, 1.54) is 5.56 Å². The number of ether oxygens (including phenoxy) is 1. The number of hydrogen-bond acceptors (Lipinski definition) is 2. The van der Waals surface area contributed by atoms with E-state index in [0.717, 1.165) is 24.3 Å². The molecule has 2 aromatic rings. The van der Waals surface area contributed by atoms with Crippen LogP contribution < -0.4 is 10.1 Å². The number of carbonyl (C=O) groups is 1. The fourth-order valence-electron chi connectivity index (χ4n) is 2.20. The minimum Gasteiger partial charge on any atom is -0.492 e. The third-order valence-corrected chi connectivity index (χ3v) is 3.68. The van der Waals surface area contributed by atoms with Crippen LogP contribution in [-0.4, -0.2) is 19.1 Å². The van der Waals surface area contributed by atoms with Gasteiger partial charge < -0.3 is 10.1 Å². The third kappa shape index (κ3) is 5.52. The number of halogens is 3. The molecule has 0 aliphatic carbocycles. The van der Waals surface area contributed by atoms with E-state index < -0.39 is 17.6 Å². The van der Waals surface area contributed by atoms with Crippen molar-refractivity contribution in [3.8, 4) is 5.75 Å². The molecule has 2 rings (SSSR count). The van der Waals surface area contributed by atoms with Crippen molar-refractivity contribution in [2.45, 2.75) is 25.9 Å². The van der Waals surface area contributed by atoms with E-state index in [1.54, 1.807) is 0 Å². The molecule has 0 saturated carbocycles. The summed E-state index contributed by atoms with van der Waals surface area (Å²) < 4.78 is 43.0. The van der Waals surface area contributed by atoms with Crippen LogP contribution in [0.25, 0.3) is 0 Å². The van der Waals surface area contributed by atoms with Crippen molar-refractivity contribution in [3.05, 3.63) is 65.2 Å². The molecule has 0 fully saturated rings. The van der Waals surface area contributed by atoms with E-state index in [0.29, 0.717) is 11.7 Å². The number of rotatable bonds is 6. The van der Waals surface area contributed by atoms with Crippen LogP contribution in [0.2, 0.25) is 0 Å². The summed E-state index contributed by atoms with van der Waals surface area (Å²) in [4.78, 5) is 11.9. The topological polar surface area (TPSA) is 38.3 Å². The number of amides is 1. The first-order valence-corrected chi connectivity index (χ1v) is 7.95. The summed E-state index contributed by atoms with van der Waals surface area (Å²) in [6.45, 7) is 4.73. The molecule has 0 saturated heterocycles. The first kappa shape index (κ1) is 18.8. The minimum atomic E-state index is -4.41. The lowest BCUT2D eigenvalue weighted by Crippen LogP contribution is -2.28. The second kappa shape index (κ2) is 8.05. The average molecular weight is 351 g/mol. The van der Waals surface area contributed by atoms with Crippen LogP contribution in [-0.2, 0) is 6.18 Å². The van der Waals surface area contributed by atoms with Gasteiger partial charge in [0.1, 0.15) is 12.4 Å². The number of alkyl halides is 3. The SMILES string of the molecule is CC(C)c1ccc(OCCNC(=O)c2ccc(C(F)(F)F)cc2)cc1. The van der Waals surface area contributed by atoms with Crippen LogP contribution in [0.5, 0.6) is 5.75 Å². The number of carbonyl (C=O) groups excluding carboxylic acids is 1. The Morgan fingerprint density at radius 2 is 1.64 bits per heavy atom. The van der Waals surface area contributed by atoms with Crippen LogP contribution >= 0.6 is 0 Å². The largest absolute Gasteiger partial charge is 0.492 e. The second-order valence-corrected chi connectivity index (χ2v) is 5.90. The van der Waals surface area contributed by atoms with Gasteiger partial charge in [0, 0.05) is 5.56 Å². The molecule has 25 heavy (non-hydrogen) atoms. The molecule has 2 aromatic carbocycles. The van der Waals surface area contributed by atoms with Crippen molar-refractivity contribution in [2.24, 2.45) is 0 Å². The van der Waals surface area contributed by atoms with Gasteiger partial charge in [-0.3, -0.25) is 4.79 Å². The second-order valence-electron chi connectivity index (χ2n) is 5.90. The zero-order valence-electron chi connectivity index (χ0n) is 14.1. The van der Waals surface area contributed by atoms with Gasteiger partial charge in [0.2, 0.25) is 0 Å². The average Bonchev–Trinajstić information content (AvgIpc) is 2.58. The lowest BCUT2D eigenvalue weighted by atomic mass is 10.0. The Balaban J connectivity index is 1.78. The van der Waals surface area contributed by atoms with E-state index in [1.807, 2.05) is 24.3 Å². The number of benzene rings is 2. The molecule has 0 heterocycles. The van der Waals surface area contributed by atoms with E-state index >= 15 is 0 Å². The molecular formula is C19H20F3NO2. The highest BCUT2D eigenvalue weighted by atomic mass is 19.4. The van der Waals surface area contributed by atoms with Crippen molar-refractivity contribution in [1.29, 1.82) is 0 Å². The van der Waals surface area contributed by atoms with Gasteiger partial charge in [0.05, 0.1) is 12.1 Å². The van der Waals surface area contributed by atoms with Crippen LogP contribution in [0.4, 0.5) is 13.2 Å². The zero-order chi connectivity index (χ0) is 18.4. The standard InChI is InChI=1S/C19H20F3NO2/c1-13(2)14-5-9-17(10-6-14)25-12-11-23-18(24)15-3-7-16(8-4-15)19(20,21)22/h3-10,13H,11-12H2,1-2H3,(H,23,24). The maximum Gasteiger partial charge on any atom is 0.416 e. The quantitative estimate of drug-likeness (QED) is 0.770. The summed E-state index contributed by atoms with van der Waals surface area (Å²) in [5, 5.41) is 2.61. The van der Waals surface area contributed by atoms with Gasteiger partial charge in [-0.1, -0.05) is 26.0 Å². The Bertz CT molecular complexity index is 692. The molecule has 0 aromatic heterocycles. The summed E-state index contributed by atoms with van der Waals surface area (Å²) in [5.74, 6) is 0.706. The van der Waals surface area contributed by atoms with E-state index in [4.69, 9.17) is 4.74 Å². The summed E-state index contributed by atoms with van der Waals surface area (Å²) in [6.07, 6.45) is -4.41. The van der Waals surface area contributed by atoms with Gasteiger partial charge in [0.15, 0.2) is 0 Å². The molecule has 0 bridgehead atoms. The van der Waals surface area contributed by atoms with Gasteiger partial charge >= 0.3 is 6.18 Å². The zero-order valence-corrected chi connectivity index (χ0v) is 14.1. The highest BCUT2D eigenvalue weighted by Gasteiger charge is 2.30. The molecule has 1 N–H and O–H groups in total. The number of nitrogens with one attached hydrogen (secondary N) is 1. The van der Waals surface area contributed by atoms with Gasteiger partial charge in [-0.15, -0.1) is 0 Å².